The van der Waals surface area contributed by atoms with Crippen molar-refractivity contribution in [2.75, 3.05) is 13.7 Å². The molecule has 0 saturated carbocycles. The van der Waals surface area contributed by atoms with Crippen molar-refractivity contribution in [3.05, 3.63) is 59.2 Å². The largest absolute Gasteiger partial charge is 0.496 e. The maximum Gasteiger partial charge on any atom is 0.339 e. The van der Waals surface area contributed by atoms with Gasteiger partial charge in [-0.2, -0.15) is 0 Å². The Bertz CT molecular complexity index is 725. The molecule has 0 fully saturated rings. The molecule has 0 aliphatic rings. The molecule has 1 amide bonds. The lowest BCUT2D eigenvalue weighted by molar-refractivity contribution is -0.123. The number of benzene rings is 2. The zero-order chi connectivity index (χ0) is 17.5. The number of carboxylic acids is 1. The van der Waals surface area contributed by atoms with E-state index in [1.165, 1.54) is 13.2 Å². The van der Waals surface area contributed by atoms with E-state index in [-0.39, 0.29) is 30.4 Å². The van der Waals surface area contributed by atoms with Gasteiger partial charge in [-0.25, -0.2) is 4.79 Å². The fourth-order valence-corrected chi connectivity index (χ4v) is 2.07. The standard InChI is InChI=1S/C18H19NO5/c1-12-3-6-14(7-4-12)24-11-17(20)19-10-13-5-8-16(23-2)15(9-13)18(21)22/h3-9H,10-11H2,1-2H3,(H,19,20)(H,21,22). The molecule has 0 heterocycles. The van der Waals surface area contributed by atoms with Crippen molar-refractivity contribution in [3.63, 3.8) is 0 Å². The summed E-state index contributed by atoms with van der Waals surface area (Å²) in [4.78, 5) is 23.0. The van der Waals surface area contributed by atoms with Crippen molar-refractivity contribution in [2.24, 2.45) is 0 Å². The molecule has 0 atom stereocenters. The van der Waals surface area contributed by atoms with Gasteiger partial charge in [-0.15, -0.1) is 0 Å². The Morgan fingerprint density at radius 3 is 2.46 bits per heavy atom. The highest BCUT2D eigenvalue weighted by Gasteiger charge is 2.12. The number of methoxy groups -OCH3 is 1. The highest BCUT2D eigenvalue weighted by Crippen LogP contribution is 2.19. The molecule has 0 spiro atoms. The number of hydrogen-bond donors (Lipinski definition) is 2. The van der Waals surface area contributed by atoms with Gasteiger partial charge < -0.3 is 19.9 Å². The van der Waals surface area contributed by atoms with Crippen LogP contribution in [0.3, 0.4) is 0 Å². The van der Waals surface area contributed by atoms with Crippen LogP contribution in [0.2, 0.25) is 0 Å². The average Bonchev–Trinajstić information content (AvgIpc) is 2.59. The Hall–Kier alpha value is -3.02. The third kappa shape index (κ3) is 4.74. The fourth-order valence-electron chi connectivity index (χ4n) is 2.07. The van der Waals surface area contributed by atoms with Gasteiger partial charge in [0.1, 0.15) is 17.1 Å². The van der Waals surface area contributed by atoms with Gasteiger partial charge in [-0.05, 0) is 36.8 Å². The summed E-state index contributed by atoms with van der Waals surface area (Å²) >= 11 is 0. The van der Waals surface area contributed by atoms with Gasteiger partial charge in [0, 0.05) is 6.54 Å². The smallest absolute Gasteiger partial charge is 0.339 e. The molecule has 126 valence electrons. The number of nitrogens with one attached hydrogen (secondary N) is 1. The van der Waals surface area contributed by atoms with Gasteiger partial charge in [-0.1, -0.05) is 23.8 Å². The van der Waals surface area contributed by atoms with E-state index in [4.69, 9.17) is 14.6 Å². The number of amides is 1. The van der Waals surface area contributed by atoms with Crippen LogP contribution in [0, 0.1) is 6.92 Å². The monoisotopic (exact) mass is 329 g/mol. The molecule has 0 aliphatic heterocycles. The number of aryl methyl sites for hydroxylation is 1. The maximum atomic E-state index is 11.8. The molecule has 2 aromatic carbocycles. The van der Waals surface area contributed by atoms with Gasteiger partial charge >= 0.3 is 5.97 Å². The number of carbonyl (C=O) groups excluding carboxylic acids is 1. The van der Waals surface area contributed by atoms with E-state index in [1.807, 2.05) is 19.1 Å². The summed E-state index contributed by atoms with van der Waals surface area (Å²) in [6.07, 6.45) is 0. The minimum atomic E-state index is -1.08. The Morgan fingerprint density at radius 2 is 1.83 bits per heavy atom. The van der Waals surface area contributed by atoms with Crippen molar-refractivity contribution in [1.82, 2.24) is 5.32 Å². The average molecular weight is 329 g/mol. The third-order valence-corrected chi connectivity index (χ3v) is 3.37. The van der Waals surface area contributed by atoms with Crippen molar-refractivity contribution in [3.8, 4) is 11.5 Å². The summed E-state index contributed by atoms with van der Waals surface area (Å²) in [5.74, 6) is -0.473. The van der Waals surface area contributed by atoms with Gasteiger partial charge in [0.2, 0.25) is 0 Å². The lowest BCUT2D eigenvalue weighted by Gasteiger charge is -2.10. The maximum absolute atomic E-state index is 11.8. The van der Waals surface area contributed by atoms with E-state index in [9.17, 15) is 9.59 Å². The Kier molecular flexibility index (Phi) is 5.78. The summed E-state index contributed by atoms with van der Waals surface area (Å²) < 4.78 is 10.4. The molecule has 0 bridgehead atoms. The number of carbonyl (C=O) groups is 2. The molecular weight excluding hydrogens is 310 g/mol. The molecular formula is C18H19NO5. The minimum Gasteiger partial charge on any atom is -0.496 e. The van der Waals surface area contributed by atoms with Crippen molar-refractivity contribution < 1.29 is 24.2 Å². The predicted octanol–water partition coefficient (Wildman–Crippen LogP) is 2.40. The van der Waals surface area contributed by atoms with Crippen molar-refractivity contribution >= 4 is 11.9 Å². The molecule has 6 nitrogen and oxygen atoms in total. The summed E-state index contributed by atoms with van der Waals surface area (Å²) in [5.41, 5.74) is 1.83. The van der Waals surface area contributed by atoms with Crippen LogP contribution in [0.1, 0.15) is 21.5 Å². The first-order valence-electron chi connectivity index (χ1n) is 7.36. The quantitative estimate of drug-likeness (QED) is 0.815. The number of hydrogen-bond acceptors (Lipinski definition) is 4. The van der Waals surface area contributed by atoms with Crippen molar-refractivity contribution in [2.45, 2.75) is 13.5 Å². The second kappa shape index (κ2) is 8.01. The van der Waals surface area contributed by atoms with Crippen LogP contribution in [0.15, 0.2) is 42.5 Å². The van der Waals surface area contributed by atoms with Gasteiger partial charge in [0.15, 0.2) is 6.61 Å². The minimum absolute atomic E-state index is 0.0557. The van der Waals surface area contributed by atoms with E-state index >= 15 is 0 Å². The van der Waals surface area contributed by atoms with E-state index in [0.29, 0.717) is 11.3 Å². The van der Waals surface area contributed by atoms with E-state index in [1.54, 1.807) is 24.3 Å². The number of ether oxygens (including phenoxy) is 2. The Balaban J connectivity index is 1.88. The Labute approximate surface area is 140 Å². The first-order chi connectivity index (χ1) is 11.5. The predicted molar refractivity (Wildman–Crippen MR) is 88.5 cm³/mol. The van der Waals surface area contributed by atoms with Crippen LogP contribution < -0.4 is 14.8 Å². The summed E-state index contributed by atoms with van der Waals surface area (Å²) in [7, 11) is 1.41. The normalized spacial score (nSPS) is 10.1. The number of carboxylic acid groups (broad SMARTS) is 1. The second-order valence-corrected chi connectivity index (χ2v) is 5.22. The van der Waals surface area contributed by atoms with E-state index in [2.05, 4.69) is 5.32 Å². The molecule has 24 heavy (non-hydrogen) atoms. The Morgan fingerprint density at radius 1 is 1.12 bits per heavy atom. The van der Waals surface area contributed by atoms with E-state index < -0.39 is 5.97 Å². The van der Waals surface area contributed by atoms with Crippen LogP contribution >= 0.6 is 0 Å². The highest BCUT2D eigenvalue weighted by atomic mass is 16.5. The first kappa shape index (κ1) is 17.3. The highest BCUT2D eigenvalue weighted by molar-refractivity contribution is 5.91. The number of aromatic carboxylic acids is 1. The molecule has 0 radical (unpaired) electrons. The topological polar surface area (TPSA) is 84.9 Å². The van der Waals surface area contributed by atoms with Crippen LogP contribution in [-0.4, -0.2) is 30.7 Å². The van der Waals surface area contributed by atoms with Gasteiger partial charge in [0.05, 0.1) is 7.11 Å². The fraction of sp³-hybridized carbons (Fsp3) is 0.222. The van der Waals surface area contributed by atoms with E-state index in [0.717, 1.165) is 5.56 Å². The molecule has 6 heteroatoms. The lowest BCUT2D eigenvalue weighted by atomic mass is 10.1. The molecule has 2 rings (SSSR count). The molecule has 0 unspecified atom stereocenters. The molecule has 0 aromatic heterocycles. The van der Waals surface area contributed by atoms with Crippen molar-refractivity contribution in [1.29, 1.82) is 0 Å². The molecule has 2 N–H and O–H groups in total. The zero-order valence-corrected chi connectivity index (χ0v) is 13.5. The molecule has 2 aromatic rings. The van der Waals surface area contributed by atoms with Crippen LogP contribution in [0.25, 0.3) is 0 Å². The molecule has 0 saturated heterocycles. The van der Waals surface area contributed by atoms with Gasteiger partial charge in [-0.3, -0.25) is 4.79 Å². The SMILES string of the molecule is COc1ccc(CNC(=O)COc2ccc(C)cc2)cc1C(=O)O. The third-order valence-electron chi connectivity index (χ3n) is 3.37. The van der Waals surface area contributed by atoms with Crippen LogP contribution in [0.5, 0.6) is 11.5 Å². The van der Waals surface area contributed by atoms with Crippen LogP contribution in [0.4, 0.5) is 0 Å². The summed E-state index contributed by atoms with van der Waals surface area (Å²) in [5, 5.41) is 11.8. The van der Waals surface area contributed by atoms with Crippen LogP contribution in [-0.2, 0) is 11.3 Å². The number of rotatable bonds is 7. The lowest BCUT2D eigenvalue weighted by Crippen LogP contribution is -2.28. The summed E-state index contributed by atoms with van der Waals surface area (Å²) in [6.45, 7) is 2.07. The second-order valence-electron chi connectivity index (χ2n) is 5.22. The van der Waals surface area contributed by atoms with Gasteiger partial charge in [0.25, 0.3) is 5.91 Å². The summed E-state index contributed by atoms with van der Waals surface area (Å²) in [6, 6.07) is 12.1. The molecule has 0 aliphatic carbocycles. The zero-order valence-electron chi connectivity index (χ0n) is 13.5. The first-order valence-corrected chi connectivity index (χ1v) is 7.36.